The highest BCUT2D eigenvalue weighted by molar-refractivity contribution is 6.30. The van der Waals surface area contributed by atoms with Gasteiger partial charge in [-0.15, -0.1) is 5.10 Å². The first-order valence-corrected chi connectivity index (χ1v) is 6.92. The molecule has 0 unspecified atom stereocenters. The first-order chi connectivity index (χ1) is 10.2. The van der Waals surface area contributed by atoms with Crippen LogP contribution in [0.3, 0.4) is 0 Å². The molecule has 0 spiro atoms. The monoisotopic (exact) mass is 307 g/mol. The fraction of sp³-hybridized carbons (Fsp3) is 0.308. The number of hydrogen-bond acceptors (Lipinski definition) is 5. The first kappa shape index (κ1) is 13.8. The number of morpholine rings is 1. The Balaban J connectivity index is 1.66. The Bertz CT molecular complexity index is 622. The molecule has 1 aromatic heterocycles. The summed E-state index contributed by atoms with van der Waals surface area (Å²) in [5.41, 5.74) is 0.503. The SMILES string of the molecule is O=C(Nc1nc(N2CCOCC2)n[nH]1)c1ccc(Cl)cc1. The zero-order valence-corrected chi connectivity index (χ0v) is 11.9. The molecule has 2 N–H and O–H groups in total. The van der Waals surface area contributed by atoms with Crippen molar-refractivity contribution >= 4 is 29.4 Å². The highest BCUT2D eigenvalue weighted by Crippen LogP contribution is 2.13. The molecule has 1 aliphatic rings. The summed E-state index contributed by atoms with van der Waals surface area (Å²) < 4.78 is 5.27. The Kier molecular flexibility index (Phi) is 4.03. The average molecular weight is 308 g/mol. The third-order valence-corrected chi connectivity index (χ3v) is 3.36. The third-order valence-electron chi connectivity index (χ3n) is 3.11. The topological polar surface area (TPSA) is 83.1 Å². The van der Waals surface area contributed by atoms with Gasteiger partial charge in [0.05, 0.1) is 13.2 Å². The molecule has 1 saturated heterocycles. The lowest BCUT2D eigenvalue weighted by atomic mass is 10.2. The maximum Gasteiger partial charge on any atom is 0.258 e. The summed E-state index contributed by atoms with van der Waals surface area (Å²) in [4.78, 5) is 18.3. The van der Waals surface area contributed by atoms with E-state index in [1.54, 1.807) is 24.3 Å². The van der Waals surface area contributed by atoms with E-state index < -0.39 is 0 Å². The standard InChI is InChI=1S/C13H14ClN5O2/c14-10-3-1-9(2-4-10)11(20)15-12-16-13(18-17-12)19-5-7-21-8-6-19/h1-4H,5-8H2,(H2,15,16,17,18,20). The third kappa shape index (κ3) is 3.32. The van der Waals surface area contributed by atoms with Gasteiger partial charge in [0, 0.05) is 23.7 Å². The molecule has 8 heteroatoms. The summed E-state index contributed by atoms with van der Waals surface area (Å²) in [5.74, 6) is 0.609. The van der Waals surface area contributed by atoms with E-state index >= 15 is 0 Å². The number of amides is 1. The summed E-state index contributed by atoms with van der Waals surface area (Å²) in [6.45, 7) is 2.78. The Labute approximate surface area is 126 Å². The van der Waals surface area contributed by atoms with Crippen molar-refractivity contribution in [2.75, 3.05) is 36.5 Å². The van der Waals surface area contributed by atoms with Crippen LogP contribution in [0.5, 0.6) is 0 Å². The average Bonchev–Trinajstić information content (AvgIpc) is 2.97. The van der Waals surface area contributed by atoms with Gasteiger partial charge in [-0.05, 0) is 24.3 Å². The molecule has 1 aliphatic heterocycles. The van der Waals surface area contributed by atoms with Crippen LogP contribution in [-0.2, 0) is 4.74 Å². The van der Waals surface area contributed by atoms with Gasteiger partial charge in [0.25, 0.3) is 5.91 Å². The van der Waals surface area contributed by atoms with Crippen LogP contribution in [-0.4, -0.2) is 47.4 Å². The Hall–Kier alpha value is -2.12. The number of anilines is 2. The van der Waals surface area contributed by atoms with Crippen molar-refractivity contribution < 1.29 is 9.53 Å². The molecule has 1 amide bonds. The van der Waals surface area contributed by atoms with Crippen LogP contribution >= 0.6 is 11.6 Å². The molecule has 3 rings (SSSR count). The molecule has 0 atom stereocenters. The van der Waals surface area contributed by atoms with Gasteiger partial charge in [-0.25, -0.2) is 5.10 Å². The number of nitrogens with zero attached hydrogens (tertiary/aromatic N) is 3. The fourth-order valence-corrected chi connectivity index (χ4v) is 2.12. The number of benzene rings is 1. The molecule has 1 fully saturated rings. The number of hydrogen-bond donors (Lipinski definition) is 2. The van der Waals surface area contributed by atoms with E-state index in [-0.39, 0.29) is 5.91 Å². The minimum absolute atomic E-state index is 0.267. The molecule has 0 radical (unpaired) electrons. The van der Waals surface area contributed by atoms with Crippen LogP contribution in [0.15, 0.2) is 24.3 Å². The minimum atomic E-state index is -0.267. The molecule has 1 aromatic carbocycles. The van der Waals surface area contributed by atoms with E-state index in [4.69, 9.17) is 16.3 Å². The molecular formula is C13H14ClN5O2. The second kappa shape index (κ2) is 6.11. The van der Waals surface area contributed by atoms with Crippen LogP contribution in [0.1, 0.15) is 10.4 Å². The molecule has 0 saturated carbocycles. The lowest BCUT2D eigenvalue weighted by molar-refractivity contribution is 0.102. The van der Waals surface area contributed by atoms with Crippen molar-refractivity contribution in [1.82, 2.24) is 15.2 Å². The van der Waals surface area contributed by atoms with E-state index in [9.17, 15) is 4.79 Å². The van der Waals surface area contributed by atoms with Gasteiger partial charge >= 0.3 is 0 Å². The molecule has 0 bridgehead atoms. The summed E-state index contributed by atoms with van der Waals surface area (Å²) in [7, 11) is 0. The molecular weight excluding hydrogens is 294 g/mol. The Morgan fingerprint density at radius 2 is 2.00 bits per heavy atom. The summed E-state index contributed by atoms with van der Waals surface area (Å²) >= 11 is 5.79. The second-order valence-corrected chi connectivity index (χ2v) is 4.98. The van der Waals surface area contributed by atoms with Crippen LogP contribution in [0.25, 0.3) is 0 Å². The highest BCUT2D eigenvalue weighted by Gasteiger charge is 2.16. The zero-order chi connectivity index (χ0) is 14.7. The number of nitrogens with one attached hydrogen (secondary N) is 2. The van der Waals surface area contributed by atoms with Gasteiger partial charge in [0.1, 0.15) is 0 Å². The number of rotatable bonds is 3. The summed E-state index contributed by atoms with van der Waals surface area (Å²) in [6.07, 6.45) is 0. The maximum atomic E-state index is 12.0. The van der Waals surface area contributed by atoms with Crippen LogP contribution in [0.2, 0.25) is 5.02 Å². The quantitative estimate of drug-likeness (QED) is 0.899. The van der Waals surface area contributed by atoms with Crippen molar-refractivity contribution in [2.45, 2.75) is 0 Å². The number of aromatic amines is 1. The van der Waals surface area contributed by atoms with E-state index in [2.05, 4.69) is 20.5 Å². The van der Waals surface area contributed by atoms with Gasteiger partial charge in [-0.1, -0.05) is 11.6 Å². The Morgan fingerprint density at radius 3 is 2.71 bits per heavy atom. The van der Waals surface area contributed by atoms with Crippen LogP contribution in [0, 0.1) is 0 Å². The highest BCUT2D eigenvalue weighted by atomic mass is 35.5. The van der Waals surface area contributed by atoms with Crippen molar-refractivity contribution in [1.29, 1.82) is 0 Å². The molecule has 2 aromatic rings. The number of carbonyl (C=O) groups is 1. The smallest absolute Gasteiger partial charge is 0.258 e. The number of aromatic nitrogens is 3. The largest absolute Gasteiger partial charge is 0.378 e. The second-order valence-electron chi connectivity index (χ2n) is 4.54. The maximum absolute atomic E-state index is 12.0. The van der Waals surface area contributed by atoms with E-state index in [0.29, 0.717) is 35.7 Å². The Morgan fingerprint density at radius 1 is 1.29 bits per heavy atom. The molecule has 2 heterocycles. The molecule has 7 nitrogen and oxygen atoms in total. The number of carbonyl (C=O) groups excluding carboxylic acids is 1. The molecule has 21 heavy (non-hydrogen) atoms. The predicted molar refractivity (Wildman–Crippen MR) is 78.8 cm³/mol. The number of ether oxygens (including phenoxy) is 1. The summed E-state index contributed by atoms with van der Waals surface area (Å²) in [5, 5.41) is 10.1. The number of H-pyrrole nitrogens is 1. The zero-order valence-electron chi connectivity index (χ0n) is 11.2. The van der Waals surface area contributed by atoms with Gasteiger partial charge in [-0.2, -0.15) is 4.98 Å². The van der Waals surface area contributed by atoms with E-state index in [1.807, 2.05) is 4.90 Å². The van der Waals surface area contributed by atoms with Gasteiger partial charge in [-0.3, -0.25) is 10.1 Å². The summed E-state index contributed by atoms with van der Waals surface area (Å²) in [6, 6.07) is 6.62. The lowest BCUT2D eigenvalue weighted by Crippen LogP contribution is -2.36. The fourth-order valence-electron chi connectivity index (χ4n) is 1.99. The lowest BCUT2D eigenvalue weighted by Gasteiger charge is -2.25. The minimum Gasteiger partial charge on any atom is -0.378 e. The van der Waals surface area contributed by atoms with Crippen molar-refractivity contribution in [3.63, 3.8) is 0 Å². The predicted octanol–water partition coefficient (Wildman–Crippen LogP) is 1.55. The van der Waals surface area contributed by atoms with Gasteiger partial charge < -0.3 is 9.64 Å². The van der Waals surface area contributed by atoms with Crippen LogP contribution < -0.4 is 10.2 Å². The molecule has 0 aliphatic carbocycles. The van der Waals surface area contributed by atoms with Gasteiger partial charge in [0.2, 0.25) is 11.9 Å². The first-order valence-electron chi connectivity index (χ1n) is 6.54. The normalized spacial score (nSPS) is 15.0. The van der Waals surface area contributed by atoms with E-state index in [0.717, 1.165) is 13.1 Å². The van der Waals surface area contributed by atoms with Crippen molar-refractivity contribution in [2.24, 2.45) is 0 Å². The van der Waals surface area contributed by atoms with E-state index in [1.165, 1.54) is 0 Å². The van der Waals surface area contributed by atoms with Crippen LogP contribution in [0.4, 0.5) is 11.9 Å². The van der Waals surface area contributed by atoms with Gasteiger partial charge in [0.15, 0.2) is 0 Å². The van der Waals surface area contributed by atoms with Crippen molar-refractivity contribution in [3.05, 3.63) is 34.9 Å². The van der Waals surface area contributed by atoms with Crippen molar-refractivity contribution in [3.8, 4) is 0 Å². The number of halogens is 1. The molecule has 110 valence electrons.